The van der Waals surface area contributed by atoms with Crippen LogP contribution in [0.5, 0.6) is 5.75 Å². The zero-order valence-electron chi connectivity index (χ0n) is 11.2. The van der Waals surface area contributed by atoms with Gasteiger partial charge in [0.2, 0.25) is 0 Å². The van der Waals surface area contributed by atoms with E-state index < -0.39 is 0 Å². The molecule has 0 aliphatic carbocycles. The summed E-state index contributed by atoms with van der Waals surface area (Å²) in [5.41, 5.74) is 1.25. The Labute approximate surface area is 111 Å². The minimum Gasteiger partial charge on any atom is -0.508 e. The topological polar surface area (TPSA) is 23.5 Å². The number of halogens is 1. The molecule has 0 spiro atoms. The van der Waals surface area contributed by atoms with E-state index in [-0.39, 0.29) is 12.4 Å². The second-order valence-corrected chi connectivity index (χ2v) is 5.04. The molecular formula is C14H24ClNO. The highest BCUT2D eigenvalue weighted by molar-refractivity contribution is 5.85. The third kappa shape index (κ3) is 5.42. The van der Waals surface area contributed by atoms with Gasteiger partial charge in [0.15, 0.2) is 0 Å². The molecule has 0 amide bonds. The smallest absolute Gasteiger partial charge is 0.115 e. The fourth-order valence-electron chi connectivity index (χ4n) is 2.04. The molecule has 0 aliphatic heterocycles. The molecule has 0 heterocycles. The van der Waals surface area contributed by atoms with E-state index >= 15 is 0 Å². The van der Waals surface area contributed by atoms with Crippen molar-refractivity contribution in [2.75, 3.05) is 20.6 Å². The summed E-state index contributed by atoms with van der Waals surface area (Å²) in [7, 11) is 4.19. The number of phenols is 1. The molecule has 0 aromatic heterocycles. The van der Waals surface area contributed by atoms with E-state index in [2.05, 4.69) is 38.9 Å². The molecule has 0 bridgehead atoms. The molecule has 0 fully saturated rings. The fraction of sp³-hybridized carbons (Fsp3) is 0.571. The molecule has 2 nitrogen and oxygen atoms in total. The quantitative estimate of drug-likeness (QED) is 0.873. The van der Waals surface area contributed by atoms with E-state index in [4.69, 9.17) is 0 Å². The van der Waals surface area contributed by atoms with Gasteiger partial charge in [0.25, 0.3) is 0 Å². The zero-order valence-corrected chi connectivity index (χ0v) is 12.0. The van der Waals surface area contributed by atoms with Crippen LogP contribution in [-0.4, -0.2) is 30.6 Å². The molecule has 0 unspecified atom stereocenters. The average molecular weight is 258 g/mol. The van der Waals surface area contributed by atoms with Crippen LogP contribution in [0.3, 0.4) is 0 Å². The van der Waals surface area contributed by atoms with Gasteiger partial charge in [-0.2, -0.15) is 0 Å². The van der Waals surface area contributed by atoms with Crippen LogP contribution < -0.4 is 0 Å². The molecule has 1 atom stereocenters. The number of nitrogens with zero attached hydrogens (tertiary/aromatic N) is 1. The van der Waals surface area contributed by atoms with Crippen molar-refractivity contribution in [1.29, 1.82) is 0 Å². The van der Waals surface area contributed by atoms with Crippen molar-refractivity contribution >= 4 is 12.4 Å². The molecule has 0 radical (unpaired) electrons. The van der Waals surface area contributed by atoms with Crippen molar-refractivity contribution in [2.24, 2.45) is 5.92 Å². The number of benzene rings is 1. The lowest BCUT2D eigenvalue weighted by Crippen LogP contribution is -2.18. The maximum absolute atomic E-state index is 9.51. The van der Waals surface area contributed by atoms with E-state index in [1.165, 1.54) is 5.56 Å². The van der Waals surface area contributed by atoms with Crippen molar-refractivity contribution in [1.82, 2.24) is 4.90 Å². The van der Waals surface area contributed by atoms with Crippen LogP contribution in [0.25, 0.3) is 0 Å². The Kier molecular flexibility index (Phi) is 7.24. The minimum absolute atomic E-state index is 0. The Bertz CT molecular complexity index is 326. The lowest BCUT2D eigenvalue weighted by molar-refractivity contribution is 0.351. The predicted molar refractivity (Wildman–Crippen MR) is 76.1 cm³/mol. The number of aromatic hydroxyl groups is 1. The third-order valence-corrected chi connectivity index (χ3v) is 2.99. The Balaban J connectivity index is 0.00000256. The minimum atomic E-state index is 0. The van der Waals surface area contributed by atoms with Gasteiger partial charge in [0.1, 0.15) is 5.75 Å². The van der Waals surface area contributed by atoms with E-state index in [0.29, 0.717) is 17.6 Å². The van der Waals surface area contributed by atoms with Gasteiger partial charge in [-0.05, 0) is 56.6 Å². The first-order chi connectivity index (χ1) is 7.50. The number of hydrogen-bond donors (Lipinski definition) is 1. The predicted octanol–water partition coefficient (Wildman–Crippen LogP) is 3.51. The van der Waals surface area contributed by atoms with E-state index in [0.717, 1.165) is 13.0 Å². The van der Waals surface area contributed by atoms with Crippen molar-refractivity contribution in [2.45, 2.75) is 26.2 Å². The van der Waals surface area contributed by atoms with Crippen molar-refractivity contribution in [3.63, 3.8) is 0 Å². The highest BCUT2D eigenvalue weighted by Gasteiger charge is 2.16. The molecule has 17 heavy (non-hydrogen) atoms. The largest absolute Gasteiger partial charge is 0.508 e. The van der Waals surface area contributed by atoms with Gasteiger partial charge < -0.3 is 10.0 Å². The Morgan fingerprint density at radius 1 is 1.24 bits per heavy atom. The Morgan fingerprint density at radius 3 is 2.35 bits per heavy atom. The summed E-state index contributed by atoms with van der Waals surface area (Å²) in [6.07, 6.45) is 1.13. The molecule has 1 N–H and O–H groups in total. The molecule has 0 saturated carbocycles. The number of rotatable bonds is 5. The zero-order chi connectivity index (χ0) is 12.1. The van der Waals surface area contributed by atoms with Gasteiger partial charge in [-0.1, -0.05) is 26.0 Å². The Morgan fingerprint density at radius 2 is 1.88 bits per heavy atom. The molecule has 1 aromatic carbocycles. The molecule has 1 rings (SSSR count). The summed E-state index contributed by atoms with van der Waals surface area (Å²) in [6, 6.07) is 7.66. The van der Waals surface area contributed by atoms with Crippen LogP contribution >= 0.6 is 12.4 Å². The van der Waals surface area contributed by atoms with Crippen LogP contribution in [0.15, 0.2) is 24.3 Å². The first-order valence-corrected chi connectivity index (χ1v) is 5.94. The SMILES string of the molecule is CC(C)[C@H](CCN(C)C)c1cccc(O)c1.Cl. The van der Waals surface area contributed by atoms with Crippen molar-refractivity contribution in [3.05, 3.63) is 29.8 Å². The summed E-state index contributed by atoms with van der Waals surface area (Å²) in [5, 5.41) is 9.51. The highest BCUT2D eigenvalue weighted by atomic mass is 35.5. The van der Waals surface area contributed by atoms with E-state index in [1.807, 2.05) is 12.1 Å². The fourth-order valence-corrected chi connectivity index (χ4v) is 2.04. The van der Waals surface area contributed by atoms with Crippen molar-refractivity contribution < 1.29 is 5.11 Å². The molecule has 3 heteroatoms. The summed E-state index contributed by atoms with van der Waals surface area (Å²) in [4.78, 5) is 2.21. The summed E-state index contributed by atoms with van der Waals surface area (Å²) < 4.78 is 0. The summed E-state index contributed by atoms with van der Waals surface area (Å²) >= 11 is 0. The molecular weight excluding hydrogens is 234 g/mol. The Hall–Kier alpha value is -0.730. The maximum Gasteiger partial charge on any atom is 0.115 e. The van der Waals surface area contributed by atoms with Gasteiger partial charge in [0, 0.05) is 0 Å². The monoisotopic (exact) mass is 257 g/mol. The second kappa shape index (κ2) is 7.57. The van der Waals surface area contributed by atoms with Gasteiger partial charge in [-0.15, -0.1) is 12.4 Å². The van der Waals surface area contributed by atoms with Gasteiger partial charge in [-0.25, -0.2) is 0 Å². The number of phenolic OH excluding ortho intramolecular Hbond substituents is 1. The first-order valence-electron chi connectivity index (χ1n) is 5.94. The van der Waals surface area contributed by atoms with E-state index in [9.17, 15) is 5.11 Å². The first kappa shape index (κ1) is 16.3. The molecule has 0 aliphatic rings. The summed E-state index contributed by atoms with van der Waals surface area (Å²) in [5.74, 6) is 1.49. The summed E-state index contributed by atoms with van der Waals surface area (Å²) in [6.45, 7) is 5.56. The van der Waals surface area contributed by atoms with Crippen LogP contribution in [0, 0.1) is 5.92 Å². The lowest BCUT2D eigenvalue weighted by Gasteiger charge is -2.23. The molecule has 1 aromatic rings. The lowest BCUT2D eigenvalue weighted by atomic mass is 9.85. The number of hydrogen-bond acceptors (Lipinski definition) is 2. The third-order valence-electron chi connectivity index (χ3n) is 2.99. The second-order valence-electron chi connectivity index (χ2n) is 5.04. The normalized spacial score (nSPS) is 12.6. The van der Waals surface area contributed by atoms with Crippen LogP contribution in [0.1, 0.15) is 31.7 Å². The van der Waals surface area contributed by atoms with Crippen LogP contribution in [-0.2, 0) is 0 Å². The van der Waals surface area contributed by atoms with Gasteiger partial charge in [0.05, 0.1) is 0 Å². The highest BCUT2D eigenvalue weighted by Crippen LogP contribution is 2.29. The molecule has 0 saturated heterocycles. The van der Waals surface area contributed by atoms with Gasteiger partial charge >= 0.3 is 0 Å². The van der Waals surface area contributed by atoms with Crippen LogP contribution in [0.2, 0.25) is 0 Å². The van der Waals surface area contributed by atoms with Gasteiger partial charge in [-0.3, -0.25) is 0 Å². The maximum atomic E-state index is 9.51. The van der Waals surface area contributed by atoms with E-state index in [1.54, 1.807) is 6.07 Å². The van der Waals surface area contributed by atoms with Crippen molar-refractivity contribution in [3.8, 4) is 5.75 Å². The standard InChI is InChI=1S/C14H23NO.ClH/c1-11(2)14(8-9-15(3)4)12-6-5-7-13(16)10-12;/h5-7,10-11,14,16H,8-9H2,1-4H3;1H/t14-;/m0./s1. The average Bonchev–Trinajstić information content (AvgIpc) is 2.17. The molecule has 98 valence electrons. The van der Waals surface area contributed by atoms with Crippen LogP contribution in [0.4, 0.5) is 0 Å².